The molecule has 4 nitrogen and oxygen atoms in total. The van der Waals surface area contributed by atoms with E-state index in [0.29, 0.717) is 0 Å². The number of hydrogen-bond acceptors (Lipinski definition) is 4. The van der Waals surface area contributed by atoms with Crippen molar-refractivity contribution in [3.63, 3.8) is 0 Å². The second kappa shape index (κ2) is 8.90. The number of piperazine rings is 1. The predicted octanol–water partition coefficient (Wildman–Crippen LogP) is 1.44. The summed E-state index contributed by atoms with van der Waals surface area (Å²) in [5.41, 5.74) is 1.22. The molecule has 2 aliphatic rings. The van der Waals surface area contributed by atoms with Gasteiger partial charge in [-0.2, -0.15) is 0 Å². The summed E-state index contributed by atoms with van der Waals surface area (Å²) in [6, 6.07) is 7.63. The van der Waals surface area contributed by atoms with Crippen LogP contribution in [0.25, 0.3) is 0 Å². The van der Waals surface area contributed by atoms with E-state index in [1.807, 2.05) is 12.1 Å². The fraction of sp³-hybridized carbons (Fsp3) is 0.684. The van der Waals surface area contributed by atoms with Crippen LogP contribution in [0, 0.1) is 5.82 Å². The third kappa shape index (κ3) is 4.99. The summed E-state index contributed by atoms with van der Waals surface area (Å²) in [5.74, 6) is -0.154. The summed E-state index contributed by atoms with van der Waals surface area (Å²) in [6.07, 6.45) is 3.51. The van der Waals surface area contributed by atoms with E-state index in [-0.39, 0.29) is 12.4 Å². The molecule has 2 saturated heterocycles. The van der Waals surface area contributed by atoms with Gasteiger partial charge in [0, 0.05) is 45.3 Å². The number of hydrogen-bond donors (Lipinski definition) is 1. The Bertz CT molecular complexity index is 480. The van der Waals surface area contributed by atoms with Crippen LogP contribution in [0.2, 0.25) is 0 Å². The minimum atomic E-state index is -0.154. The van der Waals surface area contributed by atoms with Crippen LogP contribution in [0.5, 0.6) is 0 Å². The summed E-state index contributed by atoms with van der Waals surface area (Å²) >= 11 is 0. The molecular formula is C19H30FN3O. The smallest absolute Gasteiger partial charge is 0.123 e. The second-order valence-electron chi connectivity index (χ2n) is 7.05. The Hall–Kier alpha value is -1.01. The average Bonchev–Trinajstić information content (AvgIpc) is 2.63. The van der Waals surface area contributed by atoms with Gasteiger partial charge in [0.15, 0.2) is 0 Å². The number of halogens is 1. The van der Waals surface area contributed by atoms with Crippen molar-refractivity contribution in [2.75, 3.05) is 59.0 Å². The van der Waals surface area contributed by atoms with E-state index in [0.717, 1.165) is 51.7 Å². The van der Waals surface area contributed by atoms with E-state index in [1.165, 1.54) is 31.5 Å². The van der Waals surface area contributed by atoms with Crippen LogP contribution >= 0.6 is 0 Å². The first kappa shape index (κ1) is 17.8. The standard InChI is InChI=1S/C19H30FN3O/c20-18-3-1-17(2-4-18)5-8-21-9-6-19(7-10-21)23-13-11-22(12-14-23)15-16-24/h1-4,19,24H,5-16H2. The quantitative estimate of drug-likeness (QED) is 0.852. The van der Waals surface area contributed by atoms with Crippen molar-refractivity contribution in [2.24, 2.45) is 0 Å². The van der Waals surface area contributed by atoms with Crippen molar-refractivity contribution in [3.8, 4) is 0 Å². The van der Waals surface area contributed by atoms with Crippen molar-refractivity contribution in [1.29, 1.82) is 0 Å². The van der Waals surface area contributed by atoms with Gasteiger partial charge in [-0.15, -0.1) is 0 Å². The summed E-state index contributed by atoms with van der Waals surface area (Å²) in [5, 5.41) is 9.03. The third-order valence-corrected chi connectivity index (χ3v) is 5.53. The molecule has 2 fully saturated rings. The monoisotopic (exact) mass is 335 g/mol. The highest BCUT2D eigenvalue weighted by Gasteiger charge is 2.27. The Morgan fingerprint density at radius 1 is 0.875 bits per heavy atom. The molecule has 1 aromatic carbocycles. The summed E-state index contributed by atoms with van der Waals surface area (Å²) in [4.78, 5) is 7.54. The lowest BCUT2D eigenvalue weighted by Gasteiger charge is -2.42. The zero-order valence-corrected chi connectivity index (χ0v) is 14.5. The number of rotatable bonds is 6. The Morgan fingerprint density at radius 3 is 2.12 bits per heavy atom. The molecule has 0 atom stereocenters. The van der Waals surface area contributed by atoms with Crippen LogP contribution < -0.4 is 0 Å². The zero-order valence-electron chi connectivity index (χ0n) is 14.5. The summed E-state index contributed by atoms with van der Waals surface area (Å²) in [6.45, 7) is 8.95. The summed E-state index contributed by atoms with van der Waals surface area (Å²) in [7, 11) is 0. The number of likely N-dealkylation sites (tertiary alicyclic amines) is 1. The number of benzene rings is 1. The molecule has 0 unspecified atom stereocenters. The van der Waals surface area contributed by atoms with Gasteiger partial charge in [-0.05, 0) is 50.0 Å². The van der Waals surface area contributed by atoms with E-state index in [4.69, 9.17) is 5.11 Å². The third-order valence-electron chi connectivity index (χ3n) is 5.53. The predicted molar refractivity (Wildman–Crippen MR) is 94.7 cm³/mol. The minimum absolute atomic E-state index is 0.154. The number of β-amino-alcohol motifs (C(OH)–C–C–N with tert-alkyl or cyclic N) is 1. The molecule has 0 aromatic heterocycles. The van der Waals surface area contributed by atoms with Crippen LogP contribution in [0.1, 0.15) is 18.4 Å². The number of aliphatic hydroxyl groups excluding tert-OH is 1. The Balaban J connectivity index is 1.36. The maximum Gasteiger partial charge on any atom is 0.123 e. The number of aliphatic hydroxyl groups is 1. The zero-order chi connectivity index (χ0) is 16.8. The van der Waals surface area contributed by atoms with Crippen molar-refractivity contribution in [2.45, 2.75) is 25.3 Å². The molecule has 0 amide bonds. The largest absolute Gasteiger partial charge is 0.395 e. The SMILES string of the molecule is OCCN1CCN(C2CCN(CCc3ccc(F)cc3)CC2)CC1. The maximum absolute atomic E-state index is 12.9. The van der Waals surface area contributed by atoms with E-state index < -0.39 is 0 Å². The highest BCUT2D eigenvalue weighted by molar-refractivity contribution is 5.16. The van der Waals surface area contributed by atoms with Gasteiger partial charge in [-0.3, -0.25) is 9.80 Å². The van der Waals surface area contributed by atoms with Gasteiger partial charge >= 0.3 is 0 Å². The molecule has 134 valence electrons. The van der Waals surface area contributed by atoms with Crippen LogP contribution in [0.4, 0.5) is 4.39 Å². The van der Waals surface area contributed by atoms with Crippen LogP contribution in [-0.2, 0) is 6.42 Å². The van der Waals surface area contributed by atoms with Crippen molar-refractivity contribution < 1.29 is 9.50 Å². The molecule has 24 heavy (non-hydrogen) atoms. The molecule has 0 aliphatic carbocycles. The lowest BCUT2D eigenvalue weighted by molar-refractivity contribution is 0.0534. The number of piperidine rings is 1. The van der Waals surface area contributed by atoms with Crippen molar-refractivity contribution >= 4 is 0 Å². The first-order valence-corrected chi connectivity index (χ1v) is 9.28. The highest BCUT2D eigenvalue weighted by atomic mass is 19.1. The number of nitrogens with zero attached hydrogens (tertiary/aromatic N) is 3. The first-order chi connectivity index (χ1) is 11.7. The first-order valence-electron chi connectivity index (χ1n) is 9.28. The highest BCUT2D eigenvalue weighted by Crippen LogP contribution is 2.18. The molecule has 1 aromatic rings. The molecule has 0 bridgehead atoms. The molecule has 2 aliphatic heterocycles. The van der Waals surface area contributed by atoms with Gasteiger partial charge in [0.05, 0.1) is 6.61 Å². The topological polar surface area (TPSA) is 30.0 Å². The maximum atomic E-state index is 12.9. The molecule has 0 saturated carbocycles. The van der Waals surface area contributed by atoms with Gasteiger partial charge in [0.2, 0.25) is 0 Å². The fourth-order valence-corrected chi connectivity index (χ4v) is 3.94. The molecule has 2 heterocycles. The van der Waals surface area contributed by atoms with E-state index in [9.17, 15) is 4.39 Å². The minimum Gasteiger partial charge on any atom is -0.395 e. The van der Waals surface area contributed by atoms with Gasteiger partial charge in [0.25, 0.3) is 0 Å². The van der Waals surface area contributed by atoms with Gasteiger partial charge < -0.3 is 10.0 Å². The molecule has 0 spiro atoms. The molecule has 1 N–H and O–H groups in total. The van der Waals surface area contributed by atoms with Crippen molar-refractivity contribution in [3.05, 3.63) is 35.6 Å². The molecule has 0 radical (unpaired) electrons. The summed E-state index contributed by atoms with van der Waals surface area (Å²) < 4.78 is 12.9. The van der Waals surface area contributed by atoms with Crippen LogP contribution in [0.15, 0.2) is 24.3 Å². The van der Waals surface area contributed by atoms with Gasteiger partial charge in [0.1, 0.15) is 5.82 Å². The van der Waals surface area contributed by atoms with E-state index >= 15 is 0 Å². The molecule has 3 rings (SSSR count). The van der Waals surface area contributed by atoms with E-state index in [1.54, 1.807) is 12.1 Å². The molecular weight excluding hydrogens is 305 g/mol. The lowest BCUT2D eigenvalue weighted by atomic mass is 10.0. The van der Waals surface area contributed by atoms with E-state index in [2.05, 4.69) is 14.7 Å². The average molecular weight is 335 g/mol. The van der Waals surface area contributed by atoms with Gasteiger partial charge in [-0.25, -0.2) is 4.39 Å². The van der Waals surface area contributed by atoms with Crippen molar-refractivity contribution in [1.82, 2.24) is 14.7 Å². The normalized spacial score (nSPS) is 22.1. The Kier molecular flexibility index (Phi) is 6.60. The van der Waals surface area contributed by atoms with Gasteiger partial charge in [-0.1, -0.05) is 12.1 Å². The van der Waals surface area contributed by atoms with Crippen LogP contribution in [0.3, 0.4) is 0 Å². The molecule has 5 heteroatoms. The Labute approximate surface area is 144 Å². The lowest BCUT2D eigenvalue weighted by Crippen LogP contribution is -2.53. The second-order valence-corrected chi connectivity index (χ2v) is 7.05. The Morgan fingerprint density at radius 2 is 1.50 bits per heavy atom. The van der Waals surface area contributed by atoms with Crippen LogP contribution in [-0.4, -0.2) is 84.8 Å². The fourth-order valence-electron chi connectivity index (χ4n) is 3.94.